The van der Waals surface area contributed by atoms with Crippen molar-refractivity contribution in [3.63, 3.8) is 0 Å². The van der Waals surface area contributed by atoms with Crippen molar-refractivity contribution >= 4 is 0 Å². The maximum Gasteiger partial charge on any atom is 0.0624 e. The molecule has 0 aliphatic heterocycles. The third kappa shape index (κ3) is 4.34. The Labute approximate surface area is 118 Å². The fourth-order valence-electron chi connectivity index (χ4n) is 2.33. The molecule has 1 atom stereocenters. The molecule has 1 unspecified atom stereocenters. The Bertz CT molecular complexity index is 379. The van der Waals surface area contributed by atoms with Crippen LogP contribution in [0.1, 0.15) is 58.8 Å². The molecule has 1 aromatic rings. The monoisotopic (exact) mass is 265 g/mol. The van der Waals surface area contributed by atoms with E-state index in [0.717, 1.165) is 19.4 Å². The lowest BCUT2D eigenvalue weighted by atomic mass is 9.79. The fourth-order valence-corrected chi connectivity index (χ4v) is 2.33. The minimum atomic E-state index is 0.311. The standard InChI is InChI=1S/C16H31N3/c1-7-10-17-15(16(4,5)9-3)12-14-11-13(8-2)18-19(14)6/h11,15,17H,7-10,12H2,1-6H3. The highest BCUT2D eigenvalue weighted by molar-refractivity contribution is 5.12. The van der Waals surface area contributed by atoms with E-state index in [9.17, 15) is 0 Å². The van der Waals surface area contributed by atoms with E-state index in [1.807, 2.05) is 4.68 Å². The molecule has 1 aromatic heterocycles. The van der Waals surface area contributed by atoms with Crippen LogP contribution in [-0.4, -0.2) is 22.4 Å². The lowest BCUT2D eigenvalue weighted by Crippen LogP contribution is -2.44. The van der Waals surface area contributed by atoms with Crippen LogP contribution in [0.2, 0.25) is 0 Å². The van der Waals surface area contributed by atoms with Gasteiger partial charge in [-0.3, -0.25) is 4.68 Å². The Morgan fingerprint density at radius 1 is 1.32 bits per heavy atom. The van der Waals surface area contributed by atoms with E-state index in [1.54, 1.807) is 0 Å². The Kier molecular flexibility index (Phi) is 6.05. The van der Waals surface area contributed by atoms with Crippen molar-refractivity contribution in [3.8, 4) is 0 Å². The van der Waals surface area contributed by atoms with E-state index in [2.05, 4.69) is 58.1 Å². The summed E-state index contributed by atoms with van der Waals surface area (Å²) in [5, 5.41) is 8.28. The highest BCUT2D eigenvalue weighted by Gasteiger charge is 2.28. The molecule has 0 aromatic carbocycles. The summed E-state index contributed by atoms with van der Waals surface area (Å²) >= 11 is 0. The largest absolute Gasteiger partial charge is 0.313 e. The molecule has 0 fully saturated rings. The number of nitrogens with zero attached hydrogens (tertiary/aromatic N) is 2. The maximum absolute atomic E-state index is 4.56. The van der Waals surface area contributed by atoms with Crippen molar-refractivity contribution in [1.29, 1.82) is 0 Å². The number of nitrogens with one attached hydrogen (secondary N) is 1. The Morgan fingerprint density at radius 3 is 2.47 bits per heavy atom. The van der Waals surface area contributed by atoms with Crippen LogP contribution in [0.4, 0.5) is 0 Å². The smallest absolute Gasteiger partial charge is 0.0624 e. The van der Waals surface area contributed by atoms with Crippen molar-refractivity contribution in [2.75, 3.05) is 6.54 Å². The van der Waals surface area contributed by atoms with Crippen LogP contribution in [0, 0.1) is 5.41 Å². The number of hydrogen-bond donors (Lipinski definition) is 1. The first kappa shape index (κ1) is 16.2. The second-order valence-electron chi connectivity index (χ2n) is 6.16. The molecule has 0 saturated heterocycles. The molecule has 0 saturated carbocycles. The van der Waals surface area contributed by atoms with Gasteiger partial charge in [0.2, 0.25) is 0 Å². The third-order valence-corrected chi connectivity index (χ3v) is 4.30. The number of rotatable bonds is 8. The van der Waals surface area contributed by atoms with Crippen molar-refractivity contribution in [3.05, 3.63) is 17.5 Å². The van der Waals surface area contributed by atoms with Gasteiger partial charge in [-0.1, -0.05) is 34.6 Å². The SMILES string of the molecule is CCCNC(Cc1cc(CC)nn1C)C(C)(C)CC. The summed E-state index contributed by atoms with van der Waals surface area (Å²) in [7, 11) is 2.06. The van der Waals surface area contributed by atoms with Crippen molar-refractivity contribution in [2.24, 2.45) is 12.5 Å². The highest BCUT2D eigenvalue weighted by Crippen LogP contribution is 2.27. The quantitative estimate of drug-likeness (QED) is 0.781. The minimum Gasteiger partial charge on any atom is -0.313 e. The third-order valence-electron chi connectivity index (χ3n) is 4.30. The lowest BCUT2D eigenvalue weighted by molar-refractivity contribution is 0.227. The topological polar surface area (TPSA) is 29.9 Å². The first-order valence-electron chi connectivity index (χ1n) is 7.69. The van der Waals surface area contributed by atoms with Gasteiger partial charge in [0.05, 0.1) is 5.69 Å². The molecular formula is C16H31N3. The van der Waals surface area contributed by atoms with Crippen LogP contribution < -0.4 is 5.32 Å². The predicted octanol–water partition coefficient (Wildman–Crippen LogP) is 3.33. The van der Waals surface area contributed by atoms with Crippen LogP contribution in [0.25, 0.3) is 0 Å². The number of hydrogen-bond acceptors (Lipinski definition) is 2. The van der Waals surface area contributed by atoms with E-state index in [0.29, 0.717) is 11.5 Å². The number of aryl methyl sites for hydroxylation is 2. The molecule has 0 spiro atoms. The Balaban J connectivity index is 2.84. The number of aromatic nitrogens is 2. The normalized spacial score (nSPS) is 13.8. The molecular weight excluding hydrogens is 234 g/mol. The van der Waals surface area contributed by atoms with E-state index in [1.165, 1.54) is 24.2 Å². The minimum absolute atomic E-state index is 0.311. The first-order valence-corrected chi connectivity index (χ1v) is 7.69. The van der Waals surface area contributed by atoms with Crippen LogP contribution in [0.5, 0.6) is 0 Å². The van der Waals surface area contributed by atoms with Crippen LogP contribution >= 0.6 is 0 Å². The van der Waals surface area contributed by atoms with Gasteiger partial charge in [-0.25, -0.2) is 0 Å². The van der Waals surface area contributed by atoms with Gasteiger partial charge in [0.1, 0.15) is 0 Å². The zero-order chi connectivity index (χ0) is 14.5. The first-order chi connectivity index (χ1) is 8.94. The molecule has 1 rings (SSSR count). The molecule has 0 amide bonds. The molecule has 0 aliphatic carbocycles. The molecule has 1 heterocycles. The van der Waals surface area contributed by atoms with Gasteiger partial charge in [-0.2, -0.15) is 5.10 Å². The zero-order valence-electron chi connectivity index (χ0n) is 13.6. The van der Waals surface area contributed by atoms with Crippen LogP contribution in [-0.2, 0) is 19.9 Å². The molecule has 3 heteroatoms. The lowest BCUT2D eigenvalue weighted by Gasteiger charge is -2.34. The molecule has 3 nitrogen and oxygen atoms in total. The van der Waals surface area contributed by atoms with E-state index in [4.69, 9.17) is 0 Å². The van der Waals surface area contributed by atoms with E-state index >= 15 is 0 Å². The average Bonchev–Trinajstić information content (AvgIpc) is 2.75. The van der Waals surface area contributed by atoms with E-state index in [-0.39, 0.29) is 0 Å². The molecule has 0 bridgehead atoms. The van der Waals surface area contributed by atoms with E-state index < -0.39 is 0 Å². The van der Waals surface area contributed by atoms with Gasteiger partial charge in [-0.05, 0) is 37.3 Å². The maximum atomic E-state index is 4.56. The summed E-state index contributed by atoms with van der Waals surface area (Å²) in [5.41, 5.74) is 2.85. The molecule has 19 heavy (non-hydrogen) atoms. The second-order valence-corrected chi connectivity index (χ2v) is 6.16. The fraction of sp³-hybridized carbons (Fsp3) is 0.812. The van der Waals surface area contributed by atoms with Gasteiger partial charge in [0.25, 0.3) is 0 Å². The molecule has 110 valence electrons. The predicted molar refractivity (Wildman–Crippen MR) is 82.4 cm³/mol. The Hall–Kier alpha value is -0.830. The molecule has 0 aliphatic rings. The molecule has 1 N–H and O–H groups in total. The zero-order valence-corrected chi connectivity index (χ0v) is 13.6. The second kappa shape index (κ2) is 7.09. The van der Waals surface area contributed by atoms with Crippen LogP contribution in [0.15, 0.2) is 6.07 Å². The highest BCUT2D eigenvalue weighted by atomic mass is 15.3. The van der Waals surface area contributed by atoms with Gasteiger partial charge in [-0.15, -0.1) is 0 Å². The summed E-state index contributed by atoms with van der Waals surface area (Å²) in [6.45, 7) is 12.5. The van der Waals surface area contributed by atoms with Crippen molar-refractivity contribution < 1.29 is 0 Å². The summed E-state index contributed by atoms with van der Waals surface area (Å²) in [5.74, 6) is 0. The van der Waals surface area contributed by atoms with Gasteiger partial charge >= 0.3 is 0 Å². The van der Waals surface area contributed by atoms with Crippen molar-refractivity contribution in [2.45, 2.75) is 66.3 Å². The summed E-state index contributed by atoms with van der Waals surface area (Å²) in [4.78, 5) is 0. The Morgan fingerprint density at radius 2 is 2.00 bits per heavy atom. The summed E-state index contributed by atoms with van der Waals surface area (Å²) in [6.07, 6.45) is 4.44. The van der Waals surface area contributed by atoms with Gasteiger partial charge < -0.3 is 5.32 Å². The average molecular weight is 265 g/mol. The molecule has 0 radical (unpaired) electrons. The summed E-state index contributed by atoms with van der Waals surface area (Å²) in [6, 6.07) is 2.77. The van der Waals surface area contributed by atoms with Gasteiger partial charge in [0.15, 0.2) is 0 Å². The van der Waals surface area contributed by atoms with Crippen molar-refractivity contribution in [1.82, 2.24) is 15.1 Å². The van der Waals surface area contributed by atoms with Crippen LogP contribution in [0.3, 0.4) is 0 Å². The summed E-state index contributed by atoms with van der Waals surface area (Å²) < 4.78 is 2.05. The van der Waals surface area contributed by atoms with Gasteiger partial charge in [0, 0.05) is 25.2 Å².